The number of hydrazone groups is 1. The summed E-state index contributed by atoms with van der Waals surface area (Å²) in [5, 5.41) is 15.3. The molecule has 1 aromatic carbocycles. The number of nitrogens with one attached hydrogen (secondary N) is 1. The van der Waals surface area contributed by atoms with Crippen molar-refractivity contribution >= 4 is 39.4 Å². The van der Waals surface area contributed by atoms with Crippen LogP contribution in [0.25, 0.3) is 0 Å². The zero-order valence-electron chi connectivity index (χ0n) is 9.13. The van der Waals surface area contributed by atoms with E-state index < -0.39 is 5.91 Å². The predicted molar refractivity (Wildman–Crippen MR) is 75.2 cm³/mol. The Labute approximate surface area is 116 Å². The molecule has 0 unspecified atom stereocenters. The molecule has 0 aliphatic carbocycles. The van der Waals surface area contributed by atoms with Crippen LogP contribution in [0.1, 0.15) is 15.2 Å². The molecular formula is C12H9BrN2O2S. The Balaban J connectivity index is 2.06. The third-order valence-corrected chi connectivity index (χ3v) is 3.40. The van der Waals surface area contributed by atoms with Crippen molar-refractivity contribution in [1.82, 2.24) is 5.43 Å². The lowest BCUT2D eigenvalue weighted by Crippen LogP contribution is -2.17. The molecule has 4 nitrogen and oxygen atoms in total. The standard InChI is InChI=1S/C12H9BrN2O2S/c13-8-3-4-11(16)10(6-8)12(17)15-14-7-9-2-1-5-18-9/h1-7,16H,(H,15,17)/b14-7-. The lowest BCUT2D eigenvalue weighted by atomic mass is 10.2. The monoisotopic (exact) mass is 324 g/mol. The van der Waals surface area contributed by atoms with Crippen molar-refractivity contribution in [2.24, 2.45) is 5.10 Å². The third kappa shape index (κ3) is 3.18. The fourth-order valence-electron chi connectivity index (χ4n) is 1.27. The summed E-state index contributed by atoms with van der Waals surface area (Å²) in [5.74, 6) is -0.538. The second kappa shape index (κ2) is 5.79. The quantitative estimate of drug-likeness (QED) is 0.673. The third-order valence-electron chi connectivity index (χ3n) is 2.10. The van der Waals surface area contributed by atoms with Crippen LogP contribution in [0.15, 0.2) is 45.3 Å². The van der Waals surface area contributed by atoms with E-state index in [1.165, 1.54) is 23.5 Å². The molecule has 0 atom stereocenters. The van der Waals surface area contributed by atoms with Gasteiger partial charge in [-0.3, -0.25) is 4.79 Å². The van der Waals surface area contributed by atoms with Gasteiger partial charge in [0.05, 0.1) is 11.8 Å². The van der Waals surface area contributed by atoms with E-state index in [-0.39, 0.29) is 11.3 Å². The maximum Gasteiger partial charge on any atom is 0.275 e. The van der Waals surface area contributed by atoms with Crippen LogP contribution >= 0.6 is 27.3 Å². The summed E-state index contributed by atoms with van der Waals surface area (Å²) in [6.45, 7) is 0. The summed E-state index contributed by atoms with van der Waals surface area (Å²) in [5.41, 5.74) is 2.54. The molecule has 0 radical (unpaired) electrons. The average Bonchev–Trinajstić information content (AvgIpc) is 2.85. The number of benzene rings is 1. The van der Waals surface area contributed by atoms with E-state index in [0.29, 0.717) is 4.47 Å². The largest absolute Gasteiger partial charge is 0.507 e. The number of thiophene rings is 1. The first-order chi connectivity index (χ1) is 8.66. The lowest BCUT2D eigenvalue weighted by molar-refractivity contribution is 0.0952. The van der Waals surface area contributed by atoms with Crippen molar-refractivity contribution in [2.45, 2.75) is 0 Å². The highest BCUT2D eigenvalue weighted by molar-refractivity contribution is 9.10. The molecule has 0 fully saturated rings. The Bertz CT molecular complexity index is 582. The minimum atomic E-state index is -0.457. The number of hydrogen-bond acceptors (Lipinski definition) is 4. The highest BCUT2D eigenvalue weighted by Gasteiger charge is 2.10. The van der Waals surface area contributed by atoms with Crippen molar-refractivity contribution in [3.63, 3.8) is 0 Å². The summed E-state index contributed by atoms with van der Waals surface area (Å²) in [4.78, 5) is 12.7. The maximum absolute atomic E-state index is 11.7. The topological polar surface area (TPSA) is 61.7 Å². The fourth-order valence-corrected chi connectivity index (χ4v) is 2.22. The molecule has 0 spiro atoms. The van der Waals surface area contributed by atoms with Crippen molar-refractivity contribution in [1.29, 1.82) is 0 Å². The maximum atomic E-state index is 11.7. The molecule has 2 rings (SSSR count). The number of phenols is 1. The normalized spacial score (nSPS) is 10.7. The minimum Gasteiger partial charge on any atom is -0.507 e. The second-order valence-electron chi connectivity index (χ2n) is 3.38. The van der Waals surface area contributed by atoms with Crippen LogP contribution in [-0.4, -0.2) is 17.2 Å². The molecule has 18 heavy (non-hydrogen) atoms. The number of carbonyl (C=O) groups is 1. The highest BCUT2D eigenvalue weighted by Crippen LogP contribution is 2.21. The van der Waals surface area contributed by atoms with Gasteiger partial charge in [0.1, 0.15) is 5.75 Å². The Kier molecular flexibility index (Phi) is 4.11. The number of aromatic hydroxyl groups is 1. The molecule has 2 N–H and O–H groups in total. The summed E-state index contributed by atoms with van der Waals surface area (Å²) in [6.07, 6.45) is 1.55. The smallest absolute Gasteiger partial charge is 0.275 e. The number of rotatable bonds is 3. The highest BCUT2D eigenvalue weighted by atomic mass is 79.9. The Morgan fingerprint density at radius 1 is 1.44 bits per heavy atom. The first-order valence-corrected chi connectivity index (χ1v) is 6.69. The van der Waals surface area contributed by atoms with E-state index in [1.54, 1.807) is 12.3 Å². The number of hydrogen-bond donors (Lipinski definition) is 2. The molecule has 0 saturated carbocycles. The van der Waals surface area contributed by atoms with Crippen LogP contribution < -0.4 is 5.43 Å². The van der Waals surface area contributed by atoms with Crippen LogP contribution in [0, 0.1) is 0 Å². The Morgan fingerprint density at radius 3 is 3.00 bits per heavy atom. The summed E-state index contributed by atoms with van der Waals surface area (Å²) in [6, 6.07) is 8.42. The molecule has 0 bridgehead atoms. The van der Waals surface area contributed by atoms with Gasteiger partial charge in [-0.2, -0.15) is 5.10 Å². The number of nitrogens with zero attached hydrogens (tertiary/aromatic N) is 1. The SMILES string of the molecule is O=C(N/N=C\c1cccs1)c1cc(Br)ccc1O. The number of phenolic OH excluding ortho intramolecular Hbond substituents is 1. The van der Waals surface area contributed by atoms with E-state index in [9.17, 15) is 9.90 Å². The van der Waals surface area contributed by atoms with Crippen molar-refractivity contribution in [3.05, 3.63) is 50.6 Å². The molecule has 0 aliphatic rings. The van der Waals surface area contributed by atoms with Crippen molar-refractivity contribution in [3.8, 4) is 5.75 Å². The minimum absolute atomic E-state index is 0.0815. The fraction of sp³-hybridized carbons (Fsp3) is 0. The van der Waals surface area contributed by atoms with Crippen LogP contribution in [0.2, 0.25) is 0 Å². The summed E-state index contributed by atoms with van der Waals surface area (Å²) >= 11 is 4.75. The van der Waals surface area contributed by atoms with Gasteiger partial charge >= 0.3 is 0 Å². The van der Waals surface area contributed by atoms with Gasteiger partial charge in [0.25, 0.3) is 5.91 Å². The van der Waals surface area contributed by atoms with Gasteiger partial charge in [-0.25, -0.2) is 5.43 Å². The molecular weight excluding hydrogens is 316 g/mol. The number of carbonyl (C=O) groups excluding carboxylic acids is 1. The van der Waals surface area contributed by atoms with Crippen molar-refractivity contribution < 1.29 is 9.90 Å². The number of amides is 1. The van der Waals surface area contributed by atoms with Gasteiger partial charge < -0.3 is 5.11 Å². The second-order valence-corrected chi connectivity index (χ2v) is 5.27. The average molecular weight is 325 g/mol. The van der Waals surface area contributed by atoms with Gasteiger partial charge in [-0.1, -0.05) is 22.0 Å². The molecule has 1 amide bonds. The molecule has 1 aromatic heterocycles. The van der Waals surface area contributed by atoms with Gasteiger partial charge in [0.15, 0.2) is 0 Å². The molecule has 0 saturated heterocycles. The van der Waals surface area contributed by atoms with Gasteiger partial charge in [-0.05, 0) is 29.6 Å². The van der Waals surface area contributed by atoms with E-state index in [0.717, 1.165) is 4.88 Å². The van der Waals surface area contributed by atoms with E-state index in [4.69, 9.17) is 0 Å². The van der Waals surface area contributed by atoms with Gasteiger partial charge in [0.2, 0.25) is 0 Å². The first-order valence-electron chi connectivity index (χ1n) is 5.02. The summed E-state index contributed by atoms with van der Waals surface area (Å²) < 4.78 is 0.715. The predicted octanol–water partition coefficient (Wildman–Crippen LogP) is 2.98. The van der Waals surface area contributed by atoms with Crippen LogP contribution in [0.3, 0.4) is 0 Å². The lowest BCUT2D eigenvalue weighted by Gasteiger charge is -2.03. The molecule has 2 aromatic rings. The molecule has 1 heterocycles. The first kappa shape index (κ1) is 12.8. The number of halogens is 1. The van der Waals surface area contributed by atoms with Gasteiger partial charge in [-0.15, -0.1) is 11.3 Å². The van der Waals surface area contributed by atoms with Crippen molar-refractivity contribution in [2.75, 3.05) is 0 Å². The zero-order valence-corrected chi connectivity index (χ0v) is 11.5. The van der Waals surface area contributed by atoms with Crippen LogP contribution in [-0.2, 0) is 0 Å². The molecule has 92 valence electrons. The van der Waals surface area contributed by atoms with Gasteiger partial charge in [0, 0.05) is 9.35 Å². The van der Waals surface area contributed by atoms with E-state index in [2.05, 4.69) is 26.5 Å². The van der Waals surface area contributed by atoms with E-state index >= 15 is 0 Å². The summed E-state index contributed by atoms with van der Waals surface area (Å²) in [7, 11) is 0. The van der Waals surface area contributed by atoms with Crippen LogP contribution in [0.5, 0.6) is 5.75 Å². The van der Waals surface area contributed by atoms with E-state index in [1.807, 2.05) is 17.5 Å². The molecule has 0 aliphatic heterocycles. The molecule has 6 heteroatoms. The Morgan fingerprint density at radius 2 is 2.28 bits per heavy atom. The Hall–Kier alpha value is -1.66. The van der Waals surface area contributed by atoms with Crippen LogP contribution in [0.4, 0.5) is 0 Å². The zero-order chi connectivity index (χ0) is 13.0.